The number of amides is 1. The number of nitrogens with zero attached hydrogens (tertiary/aromatic N) is 2. The standard InChI is InChI=1S/C22H25N5O3/c1-22(2,3)21(26-16(28)9-8-14-6-4-10-23-12-14)27-18-17(19(29)20(18)30)25-15-7-5-11-24-13-15/h4-7,10-13,21,25,27H,8-9H2,1-3H3,(H,26,28). The number of hydrogen-bond donors (Lipinski definition) is 3. The molecule has 30 heavy (non-hydrogen) atoms. The Balaban J connectivity index is 1.70. The molecular weight excluding hydrogens is 382 g/mol. The Labute approximate surface area is 174 Å². The molecule has 1 aromatic carbocycles. The Morgan fingerprint density at radius 2 is 1.67 bits per heavy atom. The minimum absolute atomic E-state index is 0.160. The van der Waals surface area contributed by atoms with Gasteiger partial charge in [-0.15, -0.1) is 0 Å². The molecule has 2 heterocycles. The molecule has 3 aromatic rings. The van der Waals surface area contributed by atoms with Gasteiger partial charge in [0.1, 0.15) is 17.5 Å². The van der Waals surface area contributed by atoms with E-state index in [0.29, 0.717) is 12.1 Å². The fourth-order valence-electron chi connectivity index (χ4n) is 2.88. The zero-order chi connectivity index (χ0) is 21.7. The van der Waals surface area contributed by atoms with Gasteiger partial charge in [0, 0.05) is 30.4 Å². The molecule has 0 aliphatic rings. The first-order valence-corrected chi connectivity index (χ1v) is 9.71. The summed E-state index contributed by atoms with van der Waals surface area (Å²) in [6.45, 7) is 5.81. The van der Waals surface area contributed by atoms with Gasteiger partial charge in [-0.2, -0.15) is 0 Å². The molecule has 0 saturated heterocycles. The van der Waals surface area contributed by atoms with Crippen molar-refractivity contribution in [3.05, 3.63) is 75.1 Å². The SMILES string of the molecule is CC(C)(C)C(NC(=O)CCc1cccnc1)Nc1c(Nc2cccnc2)c(=O)c1=O. The smallest absolute Gasteiger partial charge is 0.253 e. The van der Waals surface area contributed by atoms with E-state index in [0.717, 1.165) is 5.56 Å². The molecule has 1 amide bonds. The van der Waals surface area contributed by atoms with E-state index in [9.17, 15) is 14.4 Å². The van der Waals surface area contributed by atoms with Gasteiger partial charge < -0.3 is 16.0 Å². The van der Waals surface area contributed by atoms with Crippen LogP contribution in [0.2, 0.25) is 0 Å². The highest BCUT2D eigenvalue weighted by molar-refractivity contribution is 5.80. The first-order valence-electron chi connectivity index (χ1n) is 9.71. The van der Waals surface area contributed by atoms with Crippen LogP contribution in [0.3, 0.4) is 0 Å². The Morgan fingerprint density at radius 1 is 1.00 bits per heavy atom. The van der Waals surface area contributed by atoms with Gasteiger partial charge in [-0.25, -0.2) is 0 Å². The molecule has 0 saturated carbocycles. The molecule has 156 valence electrons. The molecule has 2 aromatic heterocycles. The Hall–Kier alpha value is -3.55. The average molecular weight is 407 g/mol. The number of pyridine rings is 2. The summed E-state index contributed by atoms with van der Waals surface area (Å²) < 4.78 is 0. The van der Waals surface area contributed by atoms with Gasteiger partial charge in [0.25, 0.3) is 10.9 Å². The Bertz CT molecular complexity index is 1070. The van der Waals surface area contributed by atoms with Crippen LogP contribution in [0.25, 0.3) is 0 Å². The molecule has 1 atom stereocenters. The maximum absolute atomic E-state index is 12.5. The number of hydrogen-bond acceptors (Lipinski definition) is 7. The van der Waals surface area contributed by atoms with Crippen molar-refractivity contribution in [2.24, 2.45) is 5.41 Å². The van der Waals surface area contributed by atoms with Crippen molar-refractivity contribution in [3.8, 4) is 0 Å². The van der Waals surface area contributed by atoms with Crippen LogP contribution in [-0.4, -0.2) is 22.0 Å². The van der Waals surface area contributed by atoms with Crippen LogP contribution < -0.4 is 26.8 Å². The molecule has 0 aliphatic carbocycles. The predicted molar refractivity (Wildman–Crippen MR) is 116 cm³/mol. The van der Waals surface area contributed by atoms with Crippen LogP contribution in [-0.2, 0) is 11.2 Å². The summed E-state index contributed by atoms with van der Waals surface area (Å²) in [5, 5.41) is 8.92. The van der Waals surface area contributed by atoms with Gasteiger partial charge in [-0.1, -0.05) is 26.8 Å². The quantitative estimate of drug-likeness (QED) is 0.388. The van der Waals surface area contributed by atoms with Crippen LogP contribution in [0.5, 0.6) is 0 Å². The van der Waals surface area contributed by atoms with E-state index in [2.05, 4.69) is 25.9 Å². The van der Waals surface area contributed by atoms with E-state index >= 15 is 0 Å². The van der Waals surface area contributed by atoms with E-state index in [1.165, 1.54) is 0 Å². The van der Waals surface area contributed by atoms with E-state index in [1.807, 2.05) is 32.9 Å². The first-order chi connectivity index (χ1) is 14.3. The van der Waals surface area contributed by atoms with Crippen molar-refractivity contribution < 1.29 is 4.79 Å². The number of carbonyl (C=O) groups excluding carboxylic acids is 1. The highest BCUT2D eigenvalue weighted by atomic mass is 16.2. The highest BCUT2D eigenvalue weighted by Gasteiger charge is 2.30. The second-order valence-electron chi connectivity index (χ2n) is 8.15. The lowest BCUT2D eigenvalue weighted by molar-refractivity contribution is -0.122. The van der Waals surface area contributed by atoms with E-state index in [1.54, 1.807) is 36.9 Å². The molecule has 1 unspecified atom stereocenters. The van der Waals surface area contributed by atoms with Crippen molar-refractivity contribution in [2.45, 2.75) is 39.8 Å². The molecule has 0 aliphatic heterocycles. The van der Waals surface area contributed by atoms with Gasteiger partial charge >= 0.3 is 0 Å². The lowest BCUT2D eigenvalue weighted by Gasteiger charge is -2.33. The Kier molecular flexibility index (Phi) is 6.25. The van der Waals surface area contributed by atoms with Crippen LogP contribution in [0.1, 0.15) is 32.8 Å². The molecule has 0 spiro atoms. The van der Waals surface area contributed by atoms with Crippen LogP contribution >= 0.6 is 0 Å². The number of carbonyl (C=O) groups is 1. The first kappa shape index (κ1) is 21.2. The minimum Gasteiger partial charge on any atom is -0.360 e. The van der Waals surface area contributed by atoms with Crippen LogP contribution in [0, 0.1) is 5.41 Å². The second kappa shape index (κ2) is 8.86. The zero-order valence-corrected chi connectivity index (χ0v) is 17.2. The normalized spacial score (nSPS) is 12.4. The summed E-state index contributed by atoms with van der Waals surface area (Å²) in [6.07, 6.45) is 6.89. The summed E-state index contributed by atoms with van der Waals surface area (Å²) in [7, 11) is 0. The third kappa shape index (κ3) is 5.08. The zero-order valence-electron chi connectivity index (χ0n) is 17.2. The van der Waals surface area contributed by atoms with Crippen molar-refractivity contribution in [3.63, 3.8) is 0 Å². The predicted octanol–water partition coefficient (Wildman–Crippen LogP) is 2.35. The van der Waals surface area contributed by atoms with E-state index in [-0.39, 0.29) is 23.7 Å². The maximum atomic E-state index is 12.5. The molecule has 8 nitrogen and oxygen atoms in total. The maximum Gasteiger partial charge on any atom is 0.253 e. The monoisotopic (exact) mass is 407 g/mol. The molecule has 0 radical (unpaired) electrons. The number of aromatic nitrogens is 2. The van der Waals surface area contributed by atoms with Gasteiger partial charge in [0.05, 0.1) is 11.9 Å². The molecule has 0 bridgehead atoms. The van der Waals surface area contributed by atoms with Crippen molar-refractivity contribution in [1.82, 2.24) is 15.3 Å². The van der Waals surface area contributed by atoms with Crippen molar-refractivity contribution in [2.75, 3.05) is 10.6 Å². The fourth-order valence-corrected chi connectivity index (χ4v) is 2.88. The van der Waals surface area contributed by atoms with E-state index in [4.69, 9.17) is 0 Å². The van der Waals surface area contributed by atoms with Gasteiger partial charge in [-0.05, 0) is 30.2 Å². The third-order valence-electron chi connectivity index (χ3n) is 4.66. The lowest BCUT2D eigenvalue weighted by Crippen LogP contribution is -2.51. The second-order valence-corrected chi connectivity index (χ2v) is 8.15. The molecule has 3 N–H and O–H groups in total. The van der Waals surface area contributed by atoms with Gasteiger partial charge in [-0.3, -0.25) is 24.4 Å². The van der Waals surface area contributed by atoms with Gasteiger partial charge in [0.2, 0.25) is 5.91 Å². The topological polar surface area (TPSA) is 113 Å². The third-order valence-corrected chi connectivity index (χ3v) is 4.66. The molecule has 0 fully saturated rings. The highest BCUT2D eigenvalue weighted by Crippen LogP contribution is 2.25. The summed E-state index contributed by atoms with van der Waals surface area (Å²) in [5.74, 6) is -0.160. The summed E-state index contributed by atoms with van der Waals surface area (Å²) in [4.78, 5) is 44.8. The van der Waals surface area contributed by atoms with E-state index < -0.39 is 22.4 Å². The van der Waals surface area contributed by atoms with Crippen molar-refractivity contribution in [1.29, 1.82) is 0 Å². The summed E-state index contributed by atoms with van der Waals surface area (Å²) in [6, 6.07) is 7.21. The summed E-state index contributed by atoms with van der Waals surface area (Å²) >= 11 is 0. The number of anilines is 3. The lowest BCUT2D eigenvalue weighted by atomic mass is 9.91. The summed E-state index contributed by atoms with van der Waals surface area (Å²) in [5.41, 5.74) is 0.286. The van der Waals surface area contributed by atoms with Crippen molar-refractivity contribution >= 4 is 23.0 Å². The number of aryl methyl sites for hydroxylation is 1. The average Bonchev–Trinajstić information content (AvgIpc) is 2.74. The Morgan fingerprint density at radius 3 is 2.27 bits per heavy atom. The largest absolute Gasteiger partial charge is 0.360 e. The number of rotatable bonds is 8. The van der Waals surface area contributed by atoms with Crippen LogP contribution in [0.4, 0.5) is 17.1 Å². The molecule has 3 rings (SSSR count). The van der Waals surface area contributed by atoms with Gasteiger partial charge in [0.15, 0.2) is 0 Å². The minimum atomic E-state index is -0.611. The fraction of sp³-hybridized carbons (Fsp3) is 0.318. The van der Waals surface area contributed by atoms with Crippen LogP contribution in [0.15, 0.2) is 58.6 Å². The number of nitrogens with one attached hydrogen (secondary N) is 3. The molecular formula is C22H25N5O3. The molecule has 8 heteroatoms.